The molecule has 0 aliphatic heterocycles. The molecule has 2 aromatic rings. The monoisotopic (exact) mass is 304 g/mol. The molecule has 1 heterocycles. The minimum Gasteiger partial charge on any atom is -0.352 e. The van der Waals surface area contributed by atoms with E-state index in [2.05, 4.69) is 10.3 Å². The number of ether oxygens (including phenoxy) is 2. The van der Waals surface area contributed by atoms with Gasteiger partial charge in [0.15, 0.2) is 6.29 Å². The van der Waals surface area contributed by atoms with Crippen LogP contribution in [-0.2, 0) is 22.6 Å². The minimum absolute atomic E-state index is 0.246. The van der Waals surface area contributed by atoms with Crippen LogP contribution >= 0.6 is 0 Å². The number of rotatable bonds is 7. The second-order valence-corrected chi connectivity index (χ2v) is 5.07. The van der Waals surface area contributed by atoms with Crippen molar-refractivity contribution in [1.29, 1.82) is 0 Å². The van der Waals surface area contributed by atoms with Gasteiger partial charge in [-0.2, -0.15) is 0 Å². The largest absolute Gasteiger partial charge is 0.352 e. The van der Waals surface area contributed by atoms with Crippen molar-refractivity contribution in [3.63, 3.8) is 0 Å². The van der Waals surface area contributed by atoms with E-state index in [1.54, 1.807) is 26.4 Å². The highest BCUT2D eigenvalue weighted by atomic mass is 19.1. The van der Waals surface area contributed by atoms with E-state index in [0.717, 1.165) is 16.8 Å². The Labute approximate surface area is 130 Å². The van der Waals surface area contributed by atoms with Crippen molar-refractivity contribution >= 4 is 0 Å². The maximum atomic E-state index is 13.9. The number of halogens is 1. The van der Waals surface area contributed by atoms with Crippen LogP contribution in [0, 0.1) is 12.7 Å². The van der Waals surface area contributed by atoms with Crippen LogP contribution in [0.4, 0.5) is 4.39 Å². The Morgan fingerprint density at radius 2 is 1.91 bits per heavy atom. The van der Waals surface area contributed by atoms with Crippen molar-refractivity contribution in [2.45, 2.75) is 26.3 Å². The van der Waals surface area contributed by atoms with E-state index in [-0.39, 0.29) is 5.82 Å². The van der Waals surface area contributed by atoms with Gasteiger partial charge in [0, 0.05) is 50.3 Å². The number of nitrogens with one attached hydrogen (secondary N) is 1. The van der Waals surface area contributed by atoms with Gasteiger partial charge in [0.05, 0.1) is 0 Å². The molecule has 1 aromatic heterocycles. The van der Waals surface area contributed by atoms with Crippen molar-refractivity contribution < 1.29 is 13.9 Å². The van der Waals surface area contributed by atoms with Crippen LogP contribution in [0.3, 0.4) is 0 Å². The molecule has 0 saturated heterocycles. The van der Waals surface area contributed by atoms with Gasteiger partial charge in [-0.05, 0) is 30.7 Å². The van der Waals surface area contributed by atoms with Crippen molar-refractivity contribution in [3.05, 3.63) is 64.7 Å². The SMILES string of the molecule is COC(OC)c1ccc(F)c(CNCc2ccc(C)nc2)c1. The lowest BCUT2D eigenvalue weighted by Gasteiger charge is -2.15. The molecule has 0 saturated carbocycles. The van der Waals surface area contributed by atoms with Crippen molar-refractivity contribution in [2.24, 2.45) is 0 Å². The molecule has 118 valence electrons. The molecule has 0 spiro atoms. The third kappa shape index (κ3) is 4.34. The van der Waals surface area contributed by atoms with Crippen molar-refractivity contribution in [3.8, 4) is 0 Å². The number of hydrogen-bond acceptors (Lipinski definition) is 4. The van der Waals surface area contributed by atoms with Crippen LogP contribution < -0.4 is 5.32 Å². The van der Waals surface area contributed by atoms with E-state index in [9.17, 15) is 4.39 Å². The number of benzene rings is 1. The number of aryl methyl sites for hydroxylation is 1. The second-order valence-electron chi connectivity index (χ2n) is 5.07. The molecule has 1 N–H and O–H groups in total. The standard InChI is InChI=1S/C17H21FN2O2/c1-12-4-5-13(10-20-12)9-19-11-15-8-14(6-7-16(15)18)17(21-2)22-3/h4-8,10,17,19H,9,11H2,1-3H3. The highest BCUT2D eigenvalue weighted by molar-refractivity contribution is 5.26. The fraction of sp³-hybridized carbons (Fsp3) is 0.353. The van der Waals surface area contributed by atoms with Gasteiger partial charge >= 0.3 is 0 Å². The number of nitrogens with zero attached hydrogens (tertiary/aromatic N) is 1. The average Bonchev–Trinajstić information content (AvgIpc) is 2.53. The van der Waals surface area contributed by atoms with Crippen molar-refractivity contribution in [1.82, 2.24) is 10.3 Å². The van der Waals surface area contributed by atoms with Gasteiger partial charge < -0.3 is 14.8 Å². The Bertz CT molecular complexity index is 598. The first kappa shape index (κ1) is 16.5. The Balaban J connectivity index is 1.99. The van der Waals surface area contributed by atoms with Gasteiger partial charge in [-0.1, -0.05) is 12.1 Å². The second kappa shape index (κ2) is 7.98. The number of methoxy groups -OCH3 is 2. The zero-order valence-electron chi connectivity index (χ0n) is 13.1. The molecule has 2 rings (SSSR count). The molecule has 5 heteroatoms. The Kier molecular flexibility index (Phi) is 6.00. The van der Waals surface area contributed by atoms with Crippen LogP contribution in [0.15, 0.2) is 36.5 Å². The third-order valence-electron chi connectivity index (χ3n) is 3.39. The Hall–Kier alpha value is -1.82. The van der Waals surface area contributed by atoms with Gasteiger partial charge in [0.25, 0.3) is 0 Å². The van der Waals surface area contributed by atoms with Gasteiger partial charge in [-0.15, -0.1) is 0 Å². The summed E-state index contributed by atoms with van der Waals surface area (Å²) < 4.78 is 24.3. The molecular formula is C17H21FN2O2. The van der Waals surface area contributed by atoms with Crippen molar-refractivity contribution in [2.75, 3.05) is 14.2 Å². The predicted molar refractivity (Wildman–Crippen MR) is 82.7 cm³/mol. The first-order chi connectivity index (χ1) is 10.6. The quantitative estimate of drug-likeness (QED) is 0.798. The molecule has 0 aliphatic carbocycles. The Morgan fingerprint density at radius 1 is 1.14 bits per heavy atom. The maximum absolute atomic E-state index is 13.9. The molecule has 0 amide bonds. The summed E-state index contributed by atoms with van der Waals surface area (Å²) >= 11 is 0. The first-order valence-corrected chi connectivity index (χ1v) is 7.10. The molecular weight excluding hydrogens is 283 g/mol. The summed E-state index contributed by atoms with van der Waals surface area (Å²) in [5.41, 5.74) is 3.42. The summed E-state index contributed by atoms with van der Waals surface area (Å²) in [6.45, 7) is 3.00. The molecule has 0 aliphatic rings. The molecule has 1 aromatic carbocycles. The fourth-order valence-corrected chi connectivity index (χ4v) is 2.19. The lowest BCUT2D eigenvalue weighted by molar-refractivity contribution is -0.106. The van der Waals surface area contributed by atoms with Crippen LogP contribution in [0.5, 0.6) is 0 Å². The lowest BCUT2D eigenvalue weighted by atomic mass is 10.1. The smallest absolute Gasteiger partial charge is 0.183 e. The predicted octanol–water partition coefficient (Wildman–Crippen LogP) is 3.11. The highest BCUT2D eigenvalue weighted by Gasteiger charge is 2.11. The van der Waals surface area contributed by atoms with Gasteiger partial charge in [-0.3, -0.25) is 4.98 Å². The molecule has 4 nitrogen and oxygen atoms in total. The van der Waals surface area contributed by atoms with Gasteiger partial charge in [0.1, 0.15) is 5.82 Å². The molecule has 0 atom stereocenters. The summed E-state index contributed by atoms with van der Waals surface area (Å²) in [4.78, 5) is 4.23. The van der Waals surface area contributed by atoms with Gasteiger partial charge in [-0.25, -0.2) is 4.39 Å². The summed E-state index contributed by atoms with van der Waals surface area (Å²) in [6.07, 6.45) is 1.33. The van der Waals surface area contributed by atoms with Crippen LogP contribution in [0.25, 0.3) is 0 Å². The van der Waals surface area contributed by atoms with E-state index >= 15 is 0 Å². The third-order valence-corrected chi connectivity index (χ3v) is 3.39. The van der Waals surface area contributed by atoms with Crippen LogP contribution in [0.2, 0.25) is 0 Å². The molecule has 0 bridgehead atoms. The topological polar surface area (TPSA) is 43.4 Å². The van der Waals surface area contributed by atoms with E-state index in [1.165, 1.54) is 6.07 Å². The maximum Gasteiger partial charge on any atom is 0.183 e. The zero-order valence-corrected chi connectivity index (χ0v) is 13.1. The number of aromatic nitrogens is 1. The summed E-state index contributed by atoms with van der Waals surface area (Å²) in [5, 5.41) is 3.22. The summed E-state index contributed by atoms with van der Waals surface area (Å²) in [6, 6.07) is 8.83. The van der Waals surface area contributed by atoms with E-state index in [1.807, 2.05) is 25.3 Å². The number of pyridine rings is 1. The molecule has 22 heavy (non-hydrogen) atoms. The van der Waals surface area contributed by atoms with Crippen LogP contribution in [-0.4, -0.2) is 19.2 Å². The van der Waals surface area contributed by atoms with Gasteiger partial charge in [0.2, 0.25) is 0 Å². The highest BCUT2D eigenvalue weighted by Crippen LogP contribution is 2.20. The molecule has 0 radical (unpaired) electrons. The number of hydrogen-bond donors (Lipinski definition) is 1. The van der Waals surface area contributed by atoms with E-state index in [4.69, 9.17) is 9.47 Å². The summed E-state index contributed by atoms with van der Waals surface area (Å²) in [5.74, 6) is -0.246. The Morgan fingerprint density at radius 3 is 2.55 bits per heavy atom. The minimum atomic E-state index is -0.486. The molecule has 0 fully saturated rings. The van der Waals surface area contributed by atoms with Crippen LogP contribution in [0.1, 0.15) is 28.7 Å². The fourth-order valence-electron chi connectivity index (χ4n) is 2.19. The van der Waals surface area contributed by atoms with E-state index < -0.39 is 6.29 Å². The average molecular weight is 304 g/mol. The lowest BCUT2D eigenvalue weighted by Crippen LogP contribution is -2.15. The first-order valence-electron chi connectivity index (χ1n) is 7.10. The molecule has 0 unspecified atom stereocenters. The normalized spacial score (nSPS) is 11.1. The zero-order chi connectivity index (χ0) is 15.9. The summed E-state index contributed by atoms with van der Waals surface area (Å²) in [7, 11) is 3.11. The van der Waals surface area contributed by atoms with E-state index in [0.29, 0.717) is 18.7 Å².